The largest absolute Gasteiger partial charge is 0.494 e. The van der Waals surface area contributed by atoms with Crippen LogP contribution in [-0.4, -0.2) is 24.3 Å². The third-order valence-corrected chi connectivity index (χ3v) is 9.36. The Morgan fingerprint density at radius 3 is 2.02 bits per heavy atom. The van der Waals surface area contributed by atoms with Gasteiger partial charge in [0.1, 0.15) is 28.2 Å². The van der Waals surface area contributed by atoms with Crippen LogP contribution >= 0.6 is 11.8 Å². The van der Waals surface area contributed by atoms with Crippen molar-refractivity contribution >= 4 is 46.9 Å². The molecule has 8 nitrogen and oxygen atoms in total. The molecule has 6 aromatic rings. The zero-order chi connectivity index (χ0) is 36.8. The van der Waals surface area contributed by atoms with Gasteiger partial charge in [-0.25, -0.2) is 0 Å². The van der Waals surface area contributed by atoms with Gasteiger partial charge in [0, 0.05) is 33.5 Å². The molecule has 1 heterocycles. The molecule has 0 saturated carbocycles. The highest BCUT2D eigenvalue weighted by atomic mass is 32.2. The smallest absolute Gasteiger partial charge is 0.272 e. The number of furan rings is 1. The number of unbranched alkanes of at least 4 members (excludes halogenated alkanes) is 1. The van der Waals surface area contributed by atoms with Gasteiger partial charge in [-0.1, -0.05) is 92.2 Å². The van der Waals surface area contributed by atoms with Crippen LogP contribution in [0.3, 0.4) is 0 Å². The zero-order valence-corrected chi connectivity index (χ0v) is 30.0. The molecular weight excluding hydrogens is 683 g/mol. The Morgan fingerprint density at radius 2 is 1.34 bits per heavy atom. The van der Waals surface area contributed by atoms with Crippen molar-refractivity contribution in [3.63, 3.8) is 0 Å². The maximum absolute atomic E-state index is 13.7. The van der Waals surface area contributed by atoms with Crippen LogP contribution in [0, 0.1) is 0 Å². The van der Waals surface area contributed by atoms with Gasteiger partial charge in [-0.05, 0) is 84.8 Å². The second-order valence-electron chi connectivity index (χ2n) is 12.0. The number of benzene rings is 5. The van der Waals surface area contributed by atoms with E-state index in [1.54, 1.807) is 42.5 Å². The molecule has 53 heavy (non-hydrogen) atoms. The van der Waals surface area contributed by atoms with Crippen molar-refractivity contribution in [2.24, 2.45) is 0 Å². The molecular formula is C44H39N3O5S. The zero-order valence-electron chi connectivity index (χ0n) is 29.2. The fourth-order valence-electron chi connectivity index (χ4n) is 5.30. The summed E-state index contributed by atoms with van der Waals surface area (Å²) in [6.45, 7) is 2.77. The second-order valence-corrected chi connectivity index (χ2v) is 13.2. The summed E-state index contributed by atoms with van der Waals surface area (Å²) in [6.07, 6.45) is 3.54. The highest BCUT2D eigenvalue weighted by Gasteiger charge is 2.23. The first-order chi connectivity index (χ1) is 25.9. The summed E-state index contributed by atoms with van der Waals surface area (Å²) < 4.78 is 11.8. The molecule has 9 heteroatoms. The van der Waals surface area contributed by atoms with Crippen molar-refractivity contribution in [2.75, 3.05) is 17.2 Å². The molecule has 0 aliphatic heterocycles. The maximum atomic E-state index is 13.7. The van der Waals surface area contributed by atoms with Crippen molar-refractivity contribution in [3.05, 3.63) is 174 Å². The van der Waals surface area contributed by atoms with Gasteiger partial charge in [-0.3, -0.25) is 14.4 Å². The third-order valence-electron chi connectivity index (χ3n) is 8.10. The average Bonchev–Trinajstić information content (AvgIpc) is 3.67. The van der Waals surface area contributed by atoms with Crippen LogP contribution < -0.4 is 20.7 Å². The molecule has 3 N–H and O–H groups in total. The van der Waals surface area contributed by atoms with Crippen LogP contribution in [0.4, 0.5) is 11.4 Å². The molecule has 0 fully saturated rings. The van der Waals surface area contributed by atoms with Crippen molar-refractivity contribution in [1.82, 2.24) is 5.32 Å². The molecule has 0 saturated heterocycles. The Kier molecular flexibility index (Phi) is 12.6. The van der Waals surface area contributed by atoms with E-state index in [2.05, 4.69) is 22.9 Å². The first-order valence-corrected chi connectivity index (χ1v) is 18.2. The van der Waals surface area contributed by atoms with E-state index < -0.39 is 17.1 Å². The van der Waals surface area contributed by atoms with E-state index in [1.165, 1.54) is 17.8 Å². The predicted molar refractivity (Wildman–Crippen MR) is 212 cm³/mol. The normalized spacial score (nSPS) is 11.7. The minimum absolute atomic E-state index is 0.00707. The fourth-order valence-corrected chi connectivity index (χ4v) is 6.33. The number of carbonyl (C=O) groups excluding carboxylic acids is 3. The summed E-state index contributed by atoms with van der Waals surface area (Å²) in [5.74, 6) is 0.653. The number of carbonyl (C=O) groups is 3. The molecule has 0 spiro atoms. The lowest BCUT2D eigenvalue weighted by molar-refractivity contribution is -0.116. The molecule has 0 unspecified atom stereocenters. The van der Waals surface area contributed by atoms with E-state index in [-0.39, 0.29) is 11.6 Å². The summed E-state index contributed by atoms with van der Waals surface area (Å²) in [4.78, 5) is 41.3. The Morgan fingerprint density at radius 1 is 0.717 bits per heavy atom. The molecule has 0 aliphatic rings. The van der Waals surface area contributed by atoms with E-state index in [4.69, 9.17) is 9.15 Å². The van der Waals surface area contributed by atoms with E-state index in [0.717, 1.165) is 34.6 Å². The molecule has 0 bridgehead atoms. The van der Waals surface area contributed by atoms with Crippen LogP contribution in [0.15, 0.2) is 167 Å². The Balaban J connectivity index is 1.16. The monoisotopic (exact) mass is 721 g/mol. The van der Waals surface area contributed by atoms with Gasteiger partial charge in [0.15, 0.2) is 0 Å². The van der Waals surface area contributed by atoms with Gasteiger partial charge in [0.2, 0.25) is 5.91 Å². The van der Waals surface area contributed by atoms with Gasteiger partial charge in [0.05, 0.1) is 6.61 Å². The molecule has 0 radical (unpaired) electrons. The van der Waals surface area contributed by atoms with Crippen LogP contribution in [0.1, 0.15) is 46.7 Å². The second kappa shape index (κ2) is 18.3. The predicted octanol–water partition coefficient (Wildman–Crippen LogP) is 10.0. The molecule has 3 amide bonds. The standard InChI is InChI=1S/C44H39N3O5S/c1-2-3-29-51-36-23-19-34(20-24-36)46-44(50)41(32-15-9-5-10-16-32)53-38-26-21-35(22-27-38)45-43(49)39(47-42(48)33-17-11-6-12-18-33)30-37-25-28-40(52-37)31-13-7-4-8-14-31/h4-28,30,41H,2-3,29H2,1H3,(H,45,49)(H,46,50)(H,47,48)/b39-30+/t41-/m1/s1. The highest BCUT2D eigenvalue weighted by Crippen LogP contribution is 2.37. The molecule has 0 aliphatic carbocycles. The lowest BCUT2D eigenvalue weighted by Crippen LogP contribution is -2.30. The van der Waals surface area contributed by atoms with E-state index >= 15 is 0 Å². The van der Waals surface area contributed by atoms with Gasteiger partial charge in [-0.15, -0.1) is 11.8 Å². The van der Waals surface area contributed by atoms with Gasteiger partial charge >= 0.3 is 0 Å². The van der Waals surface area contributed by atoms with Crippen LogP contribution in [0.25, 0.3) is 17.4 Å². The summed E-state index contributed by atoms with van der Waals surface area (Å²) in [5.41, 5.74) is 3.33. The fraction of sp³-hybridized carbons (Fsp3) is 0.114. The molecule has 1 aromatic heterocycles. The summed E-state index contributed by atoms with van der Waals surface area (Å²) in [5, 5.41) is 8.13. The van der Waals surface area contributed by atoms with Crippen LogP contribution in [0.5, 0.6) is 5.75 Å². The van der Waals surface area contributed by atoms with Gasteiger partial charge in [0.25, 0.3) is 11.8 Å². The highest BCUT2D eigenvalue weighted by molar-refractivity contribution is 8.00. The number of thioether (sulfide) groups is 1. The van der Waals surface area contributed by atoms with Crippen LogP contribution in [-0.2, 0) is 9.59 Å². The third kappa shape index (κ3) is 10.4. The number of amides is 3. The topological polar surface area (TPSA) is 110 Å². The number of anilines is 2. The van der Waals surface area contributed by atoms with Crippen molar-refractivity contribution in [3.8, 4) is 17.1 Å². The Hall–Kier alpha value is -6.32. The minimum Gasteiger partial charge on any atom is -0.494 e. The molecule has 1 atom stereocenters. The van der Waals surface area contributed by atoms with Crippen molar-refractivity contribution in [1.29, 1.82) is 0 Å². The van der Waals surface area contributed by atoms with Gasteiger partial charge < -0.3 is 25.1 Å². The summed E-state index contributed by atoms with van der Waals surface area (Å²) >= 11 is 1.40. The van der Waals surface area contributed by atoms with E-state index in [0.29, 0.717) is 35.1 Å². The minimum atomic E-state index is -0.547. The lowest BCUT2D eigenvalue weighted by atomic mass is 10.1. The average molecular weight is 722 g/mol. The maximum Gasteiger partial charge on any atom is 0.272 e. The SMILES string of the molecule is CCCCOc1ccc(NC(=O)[C@H](Sc2ccc(NC(=O)/C(=C\c3ccc(-c4ccccc4)o3)NC(=O)c3ccccc3)cc2)c2ccccc2)cc1. The molecule has 6 rings (SSSR count). The van der Waals surface area contributed by atoms with Crippen molar-refractivity contribution < 1.29 is 23.5 Å². The van der Waals surface area contributed by atoms with Crippen molar-refractivity contribution in [2.45, 2.75) is 29.9 Å². The lowest BCUT2D eigenvalue weighted by Gasteiger charge is -2.18. The molecule has 5 aromatic carbocycles. The first kappa shape index (κ1) is 36.5. The number of ether oxygens (including phenoxy) is 1. The number of rotatable bonds is 15. The Labute approximate surface area is 313 Å². The van der Waals surface area contributed by atoms with Crippen LogP contribution in [0.2, 0.25) is 0 Å². The Bertz CT molecular complexity index is 2130. The van der Waals surface area contributed by atoms with E-state index in [9.17, 15) is 14.4 Å². The molecule has 266 valence electrons. The summed E-state index contributed by atoms with van der Waals surface area (Å²) in [7, 11) is 0. The number of hydrogen-bond acceptors (Lipinski definition) is 6. The van der Waals surface area contributed by atoms with Gasteiger partial charge in [-0.2, -0.15) is 0 Å². The quantitative estimate of drug-likeness (QED) is 0.0553. The first-order valence-electron chi connectivity index (χ1n) is 17.4. The number of hydrogen-bond donors (Lipinski definition) is 3. The van der Waals surface area contributed by atoms with E-state index in [1.807, 2.05) is 109 Å². The number of nitrogens with one attached hydrogen (secondary N) is 3. The summed E-state index contributed by atoms with van der Waals surface area (Å²) in [6, 6.07) is 46.0.